The predicted molar refractivity (Wildman–Crippen MR) is 271 cm³/mol. The number of hydrogen-bond donors (Lipinski definition) is 0. The molecule has 0 aliphatic heterocycles. The molecular weight excluding hydrogens is 769 g/mol. The van der Waals surface area contributed by atoms with Gasteiger partial charge in [0, 0.05) is 11.8 Å². The zero-order chi connectivity index (χ0) is 41.9. The van der Waals surface area contributed by atoms with E-state index < -0.39 is 0 Å². The van der Waals surface area contributed by atoms with E-state index >= 15 is 0 Å². The average molecular weight is 817 g/mol. The second-order valence-electron chi connectivity index (χ2n) is 19.0. The van der Waals surface area contributed by atoms with Crippen LogP contribution < -0.4 is 0 Å². The molecule has 6 aromatic rings. The lowest BCUT2D eigenvalue weighted by atomic mass is 9.64. The van der Waals surface area contributed by atoms with Gasteiger partial charge in [0.2, 0.25) is 0 Å². The number of hydrogen-bond acceptors (Lipinski definition) is 0. The van der Waals surface area contributed by atoms with Gasteiger partial charge in [-0.2, -0.15) is 0 Å². The maximum absolute atomic E-state index is 2.69. The summed E-state index contributed by atoms with van der Waals surface area (Å²) in [5.41, 5.74) is 25.9. The highest BCUT2D eigenvalue weighted by Crippen LogP contribution is 2.65. The number of rotatable bonds is 5. The monoisotopic (exact) mass is 816 g/mol. The van der Waals surface area contributed by atoms with Gasteiger partial charge in [-0.15, -0.1) is 0 Å². The minimum absolute atomic E-state index is 0.251. The Morgan fingerprint density at radius 2 is 1.25 bits per heavy atom. The molecule has 0 fully saturated rings. The summed E-state index contributed by atoms with van der Waals surface area (Å²) >= 11 is 0. The fourth-order valence-corrected chi connectivity index (χ4v) is 13.3. The van der Waals surface area contributed by atoms with Crippen molar-refractivity contribution >= 4 is 49.4 Å². The molecule has 0 saturated carbocycles. The topological polar surface area (TPSA) is 0 Å². The van der Waals surface area contributed by atoms with Gasteiger partial charge >= 0.3 is 0 Å². The quantitative estimate of drug-likeness (QED) is 0.152. The smallest absolute Gasteiger partial charge is 0.0212 e. The first-order valence-corrected chi connectivity index (χ1v) is 23.8. The summed E-state index contributed by atoms with van der Waals surface area (Å²) in [6.07, 6.45) is 38.2. The van der Waals surface area contributed by atoms with Gasteiger partial charge in [0.1, 0.15) is 0 Å². The van der Waals surface area contributed by atoms with Gasteiger partial charge in [0.15, 0.2) is 0 Å². The van der Waals surface area contributed by atoms with E-state index in [1.807, 2.05) is 0 Å². The third-order valence-corrected chi connectivity index (χ3v) is 15.9. The predicted octanol–water partition coefficient (Wildman–Crippen LogP) is 16.7. The molecular formula is C64H48. The molecule has 6 aromatic carbocycles. The van der Waals surface area contributed by atoms with Crippen LogP contribution in [0.15, 0.2) is 217 Å². The molecule has 0 amide bonds. The van der Waals surface area contributed by atoms with Crippen LogP contribution in [0.2, 0.25) is 0 Å². The van der Waals surface area contributed by atoms with Gasteiger partial charge in [0.25, 0.3) is 0 Å². The van der Waals surface area contributed by atoms with Gasteiger partial charge in [0.05, 0.1) is 0 Å². The van der Waals surface area contributed by atoms with Crippen LogP contribution in [0.4, 0.5) is 0 Å². The second kappa shape index (κ2) is 14.2. The average Bonchev–Trinajstić information content (AvgIpc) is 3.88. The maximum Gasteiger partial charge on any atom is 0.0212 e. The summed E-state index contributed by atoms with van der Waals surface area (Å²) in [5.74, 6) is 1.37. The summed E-state index contributed by atoms with van der Waals surface area (Å²) < 4.78 is 0. The molecule has 4 unspecified atom stereocenters. The van der Waals surface area contributed by atoms with Crippen molar-refractivity contribution in [2.75, 3.05) is 0 Å². The van der Waals surface area contributed by atoms with Crippen molar-refractivity contribution < 1.29 is 0 Å². The van der Waals surface area contributed by atoms with Crippen LogP contribution in [-0.4, -0.2) is 0 Å². The minimum Gasteiger partial charge on any atom is -0.0842 e. The normalized spacial score (nSPS) is 23.3. The molecule has 304 valence electrons. The van der Waals surface area contributed by atoms with E-state index in [0.29, 0.717) is 17.8 Å². The Morgan fingerprint density at radius 3 is 2.02 bits per heavy atom. The molecule has 0 bridgehead atoms. The minimum atomic E-state index is 0.251. The lowest BCUT2D eigenvalue weighted by Gasteiger charge is -2.39. The van der Waals surface area contributed by atoms with Gasteiger partial charge in [-0.05, 0) is 178 Å². The molecule has 0 saturated heterocycles. The van der Waals surface area contributed by atoms with E-state index in [4.69, 9.17) is 0 Å². The summed E-state index contributed by atoms with van der Waals surface area (Å²) in [5, 5.41) is 5.56. The van der Waals surface area contributed by atoms with Crippen molar-refractivity contribution in [3.05, 3.63) is 244 Å². The summed E-state index contributed by atoms with van der Waals surface area (Å²) in [7, 11) is 0. The molecule has 0 aromatic heterocycles. The Morgan fingerprint density at radius 1 is 0.500 bits per heavy atom. The second-order valence-corrected chi connectivity index (χ2v) is 19.0. The molecule has 64 heavy (non-hydrogen) atoms. The first-order valence-electron chi connectivity index (χ1n) is 23.8. The maximum atomic E-state index is 2.69. The van der Waals surface area contributed by atoms with Crippen molar-refractivity contribution in [3.63, 3.8) is 0 Å². The van der Waals surface area contributed by atoms with Gasteiger partial charge in [-0.1, -0.05) is 188 Å². The molecule has 0 N–H and O–H groups in total. The molecule has 0 spiro atoms. The van der Waals surface area contributed by atoms with E-state index in [9.17, 15) is 0 Å². The lowest BCUT2D eigenvalue weighted by molar-refractivity contribution is 0.494. The SMILES string of the molecule is C1=CCCC(C2=CC=C3c4c(c(-c5ccccc5)c5c(cc6c7c(cccc75)C5=C6C(C6C=CC=CC6)CC=C5c5ccccc5)c4-c4ccccc4)C4=CC5=C(C=CCC5)C2C34)=C1. The summed E-state index contributed by atoms with van der Waals surface area (Å²) in [4.78, 5) is 0. The van der Waals surface area contributed by atoms with Crippen molar-refractivity contribution in [2.24, 2.45) is 23.7 Å². The van der Waals surface area contributed by atoms with Crippen LogP contribution in [0.3, 0.4) is 0 Å². The van der Waals surface area contributed by atoms with E-state index in [1.165, 1.54) is 116 Å². The van der Waals surface area contributed by atoms with Gasteiger partial charge < -0.3 is 0 Å². The third-order valence-electron chi connectivity index (χ3n) is 15.9. The van der Waals surface area contributed by atoms with Crippen LogP contribution in [-0.2, 0) is 0 Å². The molecule has 4 atom stereocenters. The fourth-order valence-electron chi connectivity index (χ4n) is 13.3. The highest BCUT2D eigenvalue weighted by Gasteiger charge is 2.48. The van der Waals surface area contributed by atoms with E-state index in [2.05, 4.69) is 194 Å². The Kier molecular flexibility index (Phi) is 8.12. The molecule has 0 heterocycles. The molecule has 14 rings (SSSR count). The number of benzene rings is 6. The summed E-state index contributed by atoms with van der Waals surface area (Å²) in [6, 6.07) is 44.0. The Balaban J connectivity index is 1.14. The number of fused-ring (bicyclic) bond motifs is 8. The van der Waals surface area contributed by atoms with Crippen LogP contribution in [0, 0.1) is 23.7 Å². The fraction of sp³-hybridized carbons (Fsp3) is 0.156. The standard InChI is InChI=1S/C64H48/c1-6-19-39(20-7-1)46-35-36-51-62-52(37-44-29-16-17-30-45(44)58(46)62)64-56(43-27-14-5-15-28-43)61-50-32-18-31-49-57(50)54(38-53(61)55(63(51)64)42-25-12-4-13-26-42)60-48(41-23-10-3-11-24-41)34-33-47(59(49)60)40-21-8-2-9-22-40/h1-6,8-15,17-19,21-23,25-28,30-33,35-38,41,48,58,62H,7,16,20,24,29,34H2. The lowest BCUT2D eigenvalue weighted by Crippen LogP contribution is -2.26. The Bertz CT molecular complexity index is 3400. The third kappa shape index (κ3) is 5.17. The molecule has 8 aliphatic rings. The largest absolute Gasteiger partial charge is 0.0842 e. The van der Waals surface area contributed by atoms with Crippen LogP contribution in [0.25, 0.3) is 71.7 Å². The molecule has 8 aliphatic carbocycles. The number of allylic oxidation sites excluding steroid dienone is 22. The first-order chi connectivity index (χ1) is 31.8. The van der Waals surface area contributed by atoms with E-state index in [0.717, 1.165) is 38.5 Å². The van der Waals surface area contributed by atoms with Gasteiger partial charge in [-0.3, -0.25) is 0 Å². The Labute approximate surface area is 376 Å². The van der Waals surface area contributed by atoms with Crippen molar-refractivity contribution in [2.45, 2.75) is 38.5 Å². The van der Waals surface area contributed by atoms with Crippen molar-refractivity contribution in [1.29, 1.82) is 0 Å². The van der Waals surface area contributed by atoms with Crippen LogP contribution in [0.1, 0.15) is 66.3 Å². The van der Waals surface area contributed by atoms with Crippen molar-refractivity contribution in [1.82, 2.24) is 0 Å². The van der Waals surface area contributed by atoms with Gasteiger partial charge in [-0.25, -0.2) is 0 Å². The molecule has 0 radical (unpaired) electrons. The molecule has 0 heteroatoms. The van der Waals surface area contributed by atoms with Crippen LogP contribution >= 0.6 is 0 Å². The zero-order valence-corrected chi connectivity index (χ0v) is 36.0. The Hall–Kier alpha value is -7.02. The molecule has 0 nitrogen and oxygen atoms in total. The van der Waals surface area contributed by atoms with Crippen molar-refractivity contribution in [3.8, 4) is 22.3 Å². The van der Waals surface area contributed by atoms with E-state index in [1.54, 1.807) is 5.57 Å². The summed E-state index contributed by atoms with van der Waals surface area (Å²) in [6.45, 7) is 0. The highest BCUT2D eigenvalue weighted by atomic mass is 14.5. The first kappa shape index (κ1) is 36.5. The zero-order valence-electron chi connectivity index (χ0n) is 36.0. The highest BCUT2D eigenvalue weighted by molar-refractivity contribution is 6.33. The van der Waals surface area contributed by atoms with Crippen LogP contribution in [0.5, 0.6) is 0 Å². The van der Waals surface area contributed by atoms with E-state index in [-0.39, 0.29) is 5.92 Å².